The third kappa shape index (κ3) is 2.54. The van der Waals surface area contributed by atoms with Crippen LogP contribution in [0.5, 0.6) is 11.5 Å². The molecular weight excluding hydrogens is 471 g/mol. The lowest BCUT2D eigenvalue weighted by molar-refractivity contribution is -0.140. The third-order valence-corrected chi connectivity index (χ3v) is 7.30. The molecular formula is C21H21IN2O4. The van der Waals surface area contributed by atoms with Crippen LogP contribution in [0.3, 0.4) is 0 Å². The lowest BCUT2D eigenvalue weighted by Gasteiger charge is -2.37. The second kappa shape index (κ2) is 6.57. The molecule has 1 aromatic carbocycles. The molecule has 0 radical (unpaired) electrons. The highest BCUT2D eigenvalue weighted by molar-refractivity contribution is 14.1. The highest BCUT2D eigenvalue weighted by Crippen LogP contribution is 2.65. The Morgan fingerprint density at radius 3 is 2.39 bits per heavy atom. The van der Waals surface area contributed by atoms with Crippen molar-refractivity contribution < 1.29 is 19.1 Å². The number of imide groups is 1. The van der Waals surface area contributed by atoms with Gasteiger partial charge >= 0.3 is 0 Å². The number of rotatable bonds is 5. The van der Waals surface area contributed by atoms with Crippen molar-refractivity contribution >= 4 is 40.6 Å². The maximum absolute atomic E-state index is 13.0. The topological polar surface area (TPSA) is 68.2 Å². The Morgan fingerprint density at radius 1 is 1.18 bits per heavy atom. The van der Waals surface area contributed by atoms with Crippen LogP contribution in [0.2, 0.25) is 0 Å². The predicted octanol–water partition coefficient (Wildman–Crippen LogP) is 3.09. The SMILES string of the molecule is CCOc1c(I)cc(/C=N\N2C(=O)[C@H]3[C@@H]4C=C[C@H]([C@H]5C[C@H]45)[C@@H]3C2=O)cc1OC. The van der Waals surface area contributed by atoms with Crippen molar-refractivity contribution in [3.8, 4) is 11.5 Å². The molecule has 2 amide bonds. The van der Waals surface area contributed by atoms with Crippen molar-refractivity contribution in [3.63, 3.8) is 0 Å². The molecule has 3 fully saturated rings. The molecule has 2 saturated carbocycles. The second-order valence-corrected chi connectivity index (χ2v) is 9.02. The molecule has 2 bridgehead atoms. The molecule has 1 aromatic rings. The number of hydrazone groups is 1. The van der Waals surface area contributed by atoms with E-state index in [1.54, 1.807) is 19.4 Å². The van der Waals surface area contributed by atoms with Gasteiger partial charge in [0, 0.05) is 0 Å². The Balaban J connectivity index is 1.41. The number of methoxy groups -OCH3 is 1. The van der Waals surface area contributed by atoms with E-state index >= 15 is 0 Å². The quantitative estimate of drug-likeness (QED) is 0.274. The average Bonchev–Trinajstić information content (AvgIpc) is 3.47. The van der Waals surface area contributed by atoms with E-state index in [-0.39, 0.29) is 35.5 Å². The minimum Gasteiger partial charge on any atom is -0.493 e. The molecule has 0 spiro atoms. The second-order valence-electron chi connectivity index (χ2n) is 7.85. The van der Waals surface area contributed by atoms with Crippen LogP contribution in [-0.4, -0.2) is 36.8 Å². The average molecular weight is 492 g/mol. The number of carbonyl (C=O) groups is 2. The lowest BCUT2D eigenvalue weighted by atomic mass is 9.63. The fourth-order valence-corrected chi connectivity index (χ4v) is 6.06. The number of allylic oxidation sites excluding steroid dienone is 2. The van der Waals surface area contributed by atoms with Crippen molar-refractivity contribution in [2.75, 3.05) is 13.7 Å². The summed E-state index contributed by atoms with van der Waals surface area (Å²) in [5.41, 5.74) is 0.754. The van der Waals surface area contributed by atoms with E-state index in [1.807, 2.05) is 13.0 Å². The molecule has 0 aromatic heterocycles. The normalized spacial score (nSPS) is 34.8. The Bertz CT molecular complexity index is 891. The molecule has 0 unspecified atom stereocenters. The van der Waals surface area contributed by atoms with Gasteiger partial charge in [0.25, 0.3) is 11.8 Å². The Hall–Kier alpha value is -1.90. The van der Waals surface area contributed by atoms with Crippen molar-refractivity contribution in [2.24, 2.45) is 40.6 Å². The van der Waals surface area contributed by atoms with E-state index in [0.29, 0.717) is 29.9 Å². The molecule has 1 heterocycles. The molecule has 6 rings (SSSR count). The molecule has 6 nitrogen and oxygen atoms in total. The van der Waals surface area contributed by atoms with Crippen molar-refractivity contribution in [1.29, 1.82) is 0 Å². The van der Waals surface area contributed by atoms with Crippen LogP contribution < -0.4 is 9.47 Å². The number of nitrogens with zero attached hydrogens (tertiary/aromatic N) is 2. The number of hydrogen-bond acceptors (Lipinski definition) is 5. The zero-order valence-corrected chi connectivity index (χ0v) is 17.8. The smallest absolute Gasteiger partial charge is 0.254 e. The first-order valence-corrected chi connectivity index (χ1v) is 10.7. The van der Waals surface area contributed by atoms with Gasteiger partial charge in [0.2, 0.25) is 0 Å². The van der Waals surface area contributed by atoms with Gasteiger partial charge in [0.15, 0.2) is 11.5 Å². The van der Waals surface area contributed by atoms with Gasteiger partial charge in [0.1, 0.15) is 0 Å². The fraction of sp³-hybridized carbons (Fsp3) is 0.476. The lowest BCUT2D eigenvalue weighted by Crippen LogP contribution is -2.40. The molecule has 5 aliphatic rings. The maximum atomic E-state index is 13.0. The minimum absolute atomic E-state index is 0.149. The van der Waals surface area contributed by atoms with Crippen LogP contribution in [0.15, 0.2) is 29.4 Å². The van der Waals surface area contributed by atoms with Crippen molar-refractivity contribution in [1.82, 2.24) is 5.01 Å². The summed E-state index contributed by atoms with van der Waals surface area (Å²) in [5, 5.41) is 5.39. The number of halogens is 1. The molecule has 4 aliphatic carbocycles. The van der Waals surface area contributed by atoms with Gasteiger partial charge in [-0.15, -0.1) is 0 Å². The van der Waals surface area contributed by atoms with Gasteiger partial charge in [-0.05, 0) is 77.3 Å². The van der Waals surface area contributed by atoms with Crippen LogP contribution in [0.4, 0.5) is 0 Å². The van der Waals surface area contributed by atoms with Crippen LogP contribution in [0.25, 0.3) is 0 Å². The first-order valence-electron chi connectivity index (χ1n) is 9.65. The van der Waals surface area contributed by atoms with Crippen LogP contribution >= 0.6 is 22.6 Å². The molecule has 1 aliphatic heterocycles. The summed E-state index contributed by atoms with van der Waals surface area (Å²) in [7, 11) is 1.58. The third-order valence-electron chi connectivity index (χ3n) is 6.50. The van der Waals surface area contributed by atoms with Gasteiger partial charge in [-0.1, -0.05) is 12.2 Å². The van der Waals surface area contributed by atoms with Crippen molar-refractivity contribution in [2.45, 2.75) is 13.3 Å². The first-order chi connectivity index (χ1) is 13.5. The van der Waals surface area contributed by atoms with Gasteiger partial charge in [-0.25, -0.2) is 0 Å². The zero-order valence-electron chi connectivity index (χ0n) is 15.7. The van der Waals surface area contributed by atoms with E-state index in [4.69, 9.17) is 9.47 Å². The maximum Gasteiger partial charge on any atom is 0.254 e. The molecule has 7 heteroatoms. The summed E-state index contributed by atoms with van der Waals surface area (Å²) >= 11 is 2.18. The van der Waals surface area contributed by atoms with E-state index < -0.39 is 0 Å². The Morgan fingerprint density at radius 2 is 1.82 bits per heavy atom. The van der Waals surface area contributed by atoms with Crippen LogP contribution in [0.1, 0.15) is 18.9 Å². The largest absolute Gasteiger partial charge is 0.493 e. The first kappa shape index (κ1) is 18.1. The van der Waals surface area contributed by atoms with E-state index in [2.05, 4.69) is 39.8 Å². The molecule has 146 valence electrons. The van der Waals surface area contributed by atoms with E-state index in [1.165, 1.54) is 0 Å². The summed E-state index contributed by atoms with van der Waals surface area (Å²) in [6, 6.07) is 3.70. The number of amides is 2. The van der Waals surface area contributed by atoms with Crippen LogP contribution in [0, 0.1) is 39.1 Å². The van der Waals surface area contributed by atoms with Gasteiger partial charge in [-0.3, -0.25) is 9.59 Å². The Labute approximate surface area is 177 Å². The van der Waals surface area contributed by atoms with Gasteiger partial charge in [-0.2, -0.15) is 10.1 Å². The zero-order chi connectivity index (χ0) is 19.6. The summed E-state index contributed by atoms with van der Waals surface area (Å²) in [6.45, 7) is 2.46. The predicted molar refractivity (Wildman–Crippen MR) is 111 cm³/mol. The molecule has 6 atom stereocenters. The monoisotopic (exact) mass is 492 g/mol. The van der Waals surface area contributed by atoms with Crippen LogP contribution in [-0.2, 0) is 9.59 Å². The summed E-state index contributed by atoms with van der Waals surface area (Å²) < 4.78 is 11.9. The van der Waals surface area contributed by atoms with Crippen molar-refractivity contribution in [3.05, 3.63) is 33.4 Å². The molecule has 28 heavy (non-hydrogen) atoms. The number of benzene rings is 1. The molecule has 1 saturated heterocycles. The van der Waals surface area contributed by atoms with E-state index in [9.17, 15) is 9.59 Å². The van der Waals surface area contributed by atoms with Gasteiger partial charge in [0.05, 0.1) is 35.3 Å². The fourth-order valence-electron chi connectivity index (χ4n) is 5.28. The highest BCUT2D eigenvalue weighted by atomic mass is 127. The number of hydrogen-bond donors (Lipinski definition) is 0. The highest BCUT2D eigenvalue weighted by Gasteiger charge is 2.67. The summed E-state index contributed by atoms with van der Waals surface area (Å²) in [4.78, 5) is 25.9. The summed E-state index contributed by atoms with van der Waals surface area (Å²) in [6.07, 6.45) is 7.04. The Kier molecular flexibility index (Phi) is 4.26. The summed E-state index contributed by atoms with van der Waals surface area (Å²) in [5.74, 6) is 2.15. The number of ether oxygens (including phenoxy) is 2. The number of carbonyl (C=O) groups excluding carboxylic acids is 2. The minimum atomic E-state index is -0.224. The molecule has 0 N–H and O–H groups in total. The van der Waals surface area contributed by atoms with E-state index in [0.717, 1.165) is 20.6 Å². The standard InChI is InChI=1S/C21H21IN2O4/c1-3-28-19-15(22)6-10(7-16(19)27-2)9-23-24-20(25)17-11-4-5-12(14-8-13(11)14)18(17)21(24)26/h4-7,9,11-14,17-18H,3,8H2,1-2H3/b23-9-/t11-,12-,13-,14-,17+,18+/m1/s1. The van der Waals surface area contributed by atoms with Gasteiger partial charge < -0.3 is 9.47 Å².